The molecule has 5 nitrogen and oxygen atoms in total. The van der Waals surface area contributed by atoms with Gasteiger partial charge < -0.3 is 24.4 Å². The summed E-state index contributed by atoms with van der Waals surface area (Å²) in [6, 6.07) is 34.8. The van der Waals surface area contributed by atoms with Gasteiger partial charge in [0.25, 0.3) is 0 Å². The lowest BCUT2D eigenvalue weighted by Gasteiger charge is -2.13. The predicted molar refractivity (Wildman–Crippen MR) is 189 cm³/mol. The molecular weight excluding hydrogens is 570 g/mol. The highest BCUT2D eigenvalue weighted by Gasteiger charge is 2.08. The molecule has 0 saturated heterocycles. The van der Waals surface area contributed by atoms with Gasteiger partial charge in [-0.05, 0) is 100 Å². The highest BCUT2D eigenvalue weighted by atomic mass is 16.5. The second kappa shape index (κ2) is 17.1. The largest absolute Gasteiger partial charge is 0.494 e. The molecule has 5 heteroatoms. The lowest BCUT2D eigenvalue weighted by Crippen LogP contribution is -2.00. The third-order valence-corrected chi connectivity index (χ3v) is 7.99. The summed E-state index contributed by atoms with van der Waals surface area (Å²) in [6.45, 7) is 6.80. The van der Waals surface area contributed by atoms with Crippen LogP contribution in [0.15, 0.2) is 103 Å². The van der Waals surface area contributed by atoms with Crippen LogP contribution >= 0.6 is 0 Å². The van der Waals surface area contributed by atoms with Crippen LogP contribution in [-0.4, -0.2) is 19.4 Å². The molecule has 5 aromatic rings. The first-order chi connectivity index (χ1) is 22.6. The van der Waals surface area contributed by atoms with E-state index in [0.29, 0.717) is 19.0 Å². The summed E-state index contributed by atoms with van der Waals surface area (Å²) in [5.74, 6) is 3.31. The van der Waals surface area contributed by atoms with Crippen LogP contribution < -0.4 is 18.9 Å². The van der Waals surface area contributed by atoms with Crippen molar-refractivity contribution in [2.45, 2.75) is 65.6 Å². The number of nitrogens with one attached hydrogen (secondary N) is 1. The maximum Gasteiger partial charge on any atom is 0.128 e. The first kappa shape index (κ1) is 32.6. The molecule has 0 aliphatic rings. The van der Waals surface area contributed by atoms with Crippen LogP contribution in [0.2, 0.25) is 0 Å². The van der Waals surface area contributed by atoms with Crippen LogP contribution in [0, 0.1) is 5.41 Å². The molecule has 5 rings (SSSR count). The van der Waals surface area contributed by atoms with Gasteiger partial charge in [0.05, 0.1) is 13.2 Å². The van der Waals surface area contributed by atoms with E-state index < -0.39 is 0 Å². The third-order valence-electron chi connectivity index (χ3n) is 7.99. The molecule has 1 N–H and O–H groups in total. The Kier molecular flexibility index (Phi) is 12.1. The molecule has 0 aliphatic heterocycles. The molecule has 0 saturated carbocycles. The van der Waals surface area contributed by atoms with E-state index in [0.717, 1.165) is 88.3 Å². The minimum absolute atomic E-state index is 0.427. The van der Waals surface area contributed by atoms with E-state index in [1.165, 1.54) is 25.5 Å². The van der Waals surface area contributed by atoms with E-state index in [9.17, 15) is 0 Å². The average molecular weight is 616 g/mol. The van der Waals surface area contributed by atoms with Gasteiger partial charge in [0, 0.05) is 11.8 Å². The Balaban J connectivity index is 1.16. The van der Waals surface area contributed by atoms with Crippen molar-refractivity contribution in [3.05, 3.63) is 120 Å². The van der Waals surface area contributed by atoms with E-state index in [-0.39, 0.29) is 0 Å². The van der Waals surface area contributed by atoms with E-state index in [1.807, 2.05) is 54.6 Å². The van der Waals surface area contributed by atoms with Gasteiger partial charge in [-0.1, -0.05) is 88.1 Å². The second-order valence-corrected chi connectivity index (χ2v) is 11.6. The number of unbranched alkanes of at least 4 members (excludes halogenated alkanes) is 4. The van der Waals surface area contributed by atoms with Crippen molar-refractivity contribution in [1.82, 2.24) is 0 Å². The minimum atomic E-state index is 0.427. The van der Waals surface area contributed by atoms with E-state index >= 15 is 0 Å². The molecule has 0 aromatic heterocycles. The van der Waals surface area contributed by atoms with Gasteiger partial charge in [-0.2, -0.15) is 0 Å². The van der Waals surface area contributed by atoms with Crippen molar-refractivity contribution in [3.8, 4) is 34.1 Å². The first-order valence-electron chi connectivity index (χ1n) is 16.5. The van der Waals surface area contributed by atoms with Crippen LogP contribution in [-0.2, 0) is 13.2 Å². The fraction of sp³-hybridized carbons (Fsp3) is 0.293. The molecule has 0 fully saturated rings. The zero-order valence-electron chi connectivity index (χ0n) is 27.1. The van der Waals surface area contributed by atoms with Crippen molar-refractivity contribution < 1.29 is 18.9 Å². The van der Waals surface area contributed by atoms with Crippen LogP contribution in [0.25, 0.3) is 21.9 Å². The van der Waals surface area contributed by atoms with Gasteiger partial charge in [0.2, 0.25) is 0 Å². The Hall–Kier alpha value is -4.77. The lowest BCUT2D eigenvalue weighted by atomic mass is 9.99. The van der Waals surface area contributed by atoms with Crippen LogP contribution in [0.4, 0.5) is 0 Å². The molecular formula is C41H45NO4. The molecule has 0 aliphatic carbocycles. The Bertz CT molecular complexity index is 1680. The van der Waals surface area contributed by atoms with Crippen LogP contribution in [0.5, 0.6) is 23.0 Å². The normalized spacial score (nSPS) is 10.9. The highest BCUT2D eigenvalue weighted by Crippen LogP contribution is 2.31. The second-order valence-electron chi connectivity index (χ2n) is 11.6. The minimum Gasteiger partial charge on any atom is -0.494 e. The number of fused-ring (bicyclic) bond motifs is 1. The van der Waals surface area contributed by atoms with Gasteiger partial charge >= 0.3 is 0 Å². The first-order valence-corrected chi connectivity index (χ1v) is 16.5. The monoisotopic (exact) mass is 615 g/mol. The van der Waals surface area contributed by atoms with Crippen molar-refractivity contribution in [3.63, 3.8) is 0 Å². The summed E-state index contributed by atoms with van der Waals surface area (Å²) in [7, 11) is 0. The molecule has 0 unspecified atom stereocenters. The molecule has 0 atom stereocenters. The summed E-state index contributed by atoms with van der Waals surface area (Å²) in [5.41, 5.74) is 5.03. The molecule has 0 heterocycles. The SMILES string of the molecule is CCCCCCOc1ccc(COc2ccc(-c3ccc4cc(OCc5ccc(OCCCC)cc5)ccc4c3)cc2C=N)cc1. The molecule has 0 spiro atoms. The summed E-state index contributed by atoms with van der Waals surface area (Å²) in [6.07, 6.45) is 8.32. The van der Waals surface area contributed by atoms with Gasteiger partial charge in [-0.15, -0.1) is 0 Å². The maximum atomic E-state index is 8.02. The van der Waals surface area contributed by atoms with Crippen molar-refractivity contribution >= 4 is 17.0 Å². The van der Waals surface area contributed by atoms with E-state index in [1.54, 1.807) is 0 Å². The quantitative estimate of drug-likeness (QED) is 0.0787. The van der Waals surface area contributed by atoms with Gasteiger partial charge in [-0.3, -0.25) is 0 Å². The Morgan fingerprint density at radius 2 is 1.07 bits per heavy atom. The van der Waals surface area contributed by atoms with Crippen LogP contribution in [0.3, 0.4) is 0 Å². The number of rotatable bonds is 18. The van der Waals surface area contributed by atoms with Crippen molar-refractivity contribution in [2.75, 3.05) is 13.2 Å². The predicted octanol–water partition coefficient (Wildman–Crippen LogP) is 10.8. The average Bonchev–Trinajstić information content (AvgIpc) is 3.10. The van der Waals surface area contributed by atoms with Crippen LogP contribution in [0.1, 0.15) is 69.1 Å². The Labute approximate surface area is 273 Å². The van der Waals surface area contributed by atoms with E-state index in [4.69, 9.17) is 24.4 Å². The molecule has 0 amide bonds. The third kappa shape index (κ3) is 9.37. The molecule has 46 heavy (non-hydrogen) atoms. The fourth-order valence-corrected chi connectivity index (χ4v) is 5.21. The van der Waals surface area contributed by atoms with Gasteiger partial charge in [0.1, 0.15) is 36.2 Å². The maximum absolute atomic E-state index is 8.02. The van der Waals surface area contributed by atoms with Gasteiger partial charge in [0.15, 0.2) is 0 Å². The smallest absolute Gasteiger partial charge is 0.128 e. The lowest BCUT2D eigenvalue weighted by molar-refractivity contribution is 0.300. The van der Waals surface area contributed by atoms with Crippen molar-refractivity contribution in [1.29, 1.82) is 5.41 Å². The van der Waals surface area contributed by atoms with Gasteiger partial charge in [-0.25, -0.2) is 0 Å². The summed E-state index contributed by atoms with van der Waals surface area (Å²) in [4.78, 5) is 0. The fourth-order valence-electron chi connectivity index (χ4n) is 5.21. The summed E-state index contributed by atoms with van der Waals surface area (Å²) in [5, 5.41) is 10.3. The number of hydrogen-bond acceptors (Lipinski definition) is 5. The summed E-state index contributed by atoms with van der Waals surface area (Å²) < 4.78 is 23.8. The number of ether oxygens (including phenoxy) is 4. The topological polar surface area (TPSA) is 60.8 Å². The number of hydrogen-bond donors (Lipinski definition) is 1. The van der Waals surface area contributed by atoms with Crippen molar-refractivity contribution in [2.24, 2.45) is 0 Å². The zero-order valence-corrected chi connectivity index (χ0v) is 27.1. The Morgan fingerprint density at radius 1 is 0.500 bits per heavy atom. The number of benzene rings is 5. The molecule has 238 valence electrons. The molecule has 0 bridgehead atoms. The highest BCUT2D eigenvalue weighted by molar-refractivity contribution is 5.90. The Morgan fingerprint density at radius 3 is 1.74 bits per heavy atom. The summed E-state index contributed by atoms with van der Waals surface area (Å²) >= 11 is 0. The van der Waals surface area contributed by atoms with E-state index in [2.05, 4.69) is 62.4 Å². The zero-order chi connectivity index (χ0) is 32.0. The standard InChI is InChI=1S/C41H45NO4/c1-3-5-7-8-24-44-39-19-11-32(12-20-39)30-46-41-22-16-35(26-37(41)28-42)33-13-14-36-27-40(21-15-34(36)25-33)45-29-31-9-17-38(18-10-31)43-23-6-4-2/h9-22,25-28,42H,3-8,23-24,29-30H2,1-2H3. The molecule has 0 radical (unpaired) electrons. The molecule has 5 aromatic carbocycles.